The Labute approximate surface area is 195 Å². The van der Waals surface area contributed by atoms with Crippen LogP contribution in [-0.2, 0) is 14.6 Å². The van der Waals surface area contributed by atoms with Gasteiger partial charge in [-0.15, -0.1) is 0 Å². The number of nitrogens with one attached hydrogen (secondary N) is 1. The second-order valence-electron chi connectivity index (χ2n) is 7.78. The molecule has 4 rings (SSSR count). The minimum absolute atomic E-state index is 0.00127. The summed E-state index contributed by atoms with van der Waals surface area (Å²) in [7, 11) is -3.17. The van der Waals surface area contributed by atoms with Gasteiger partial charge in [0.2, 0.25) is 5.91 Å². The Morgan fingerprint density at radius 1 is 1.16 bits per heavy atom. The van der Waals surface area contributed by atoms with Gasteiger partial charge in [0, 0.05) is 21.4 Å². The molecule has 164 valence electrons. The number of aryl methyl sites for hydroxylation is 2. The van der Waals surface area contributed by atoms with Gasteiger partial charge in [0.15, 0.2) is 15.0 Å². The van der Waals surface area contributed by atoms with Crippen molar-refractivity contribution in [3.8, 4) is 0 Å². The molecule has 0 aromatic heterocycles. The van der Waals surface area contributed by atoms with Crippen LogP contribution in [0.4, 0.5) is 11.4 Å². The Morgan fingerprint density at radius 3 is 2.55 bits per heavy atom. The van der Waals surface area contributed by atoms with Gasteiger partial charge in [0.25, 0.3) is 0 Å². The molecule has 1 saturated heterocycles. The Kier molecular flexibility index (Phi) is 6.27. The first kappa shape index (κ1) is 22.5. The SMILES string of the molecule is Cc1ccc(NC(=O)CSC2=N[C@@H]3CS(=O)(=O)C[C@@H]3N2c2cc(Cl)cc(Cl)c2)c(C)c1. The van der Waals surface area contributed by atoms with Gasteiger partial charge in [-0.05, 0) is 43.7 Å². The molecule has 2 atom stereocenters. The van der Waals surface area contributed by atoms with Crippen molar-refractivity contribution in [1.82, 2.24) is 0 Å². The lowest BCUT2D eigenvalue weighted by Gasteiger charge is -2.26. The highest BCUT2D eigenvalue weighted by atomic mass is 35.5. The van der Waals surface area contributed by atoms with Gasteiger partial charge in [0.1, 0.15) is 0 Å². The van der Waals surface area contributed by atoms with Crippen LogP contribution in [-0.4, -0.2) is 48.8 Å². The normalized spacial score (nSPS) is 21.7. The minimum Gasteiger partial charge on any atom is -0.325 e. The van der Waals surface area contributed by atoms with Crippen LogP contribution in [0.15, 0.2) is 41.4 Å². The summed E-state index contributed by atoms with van der Waals surface area (Å²) in [5, 5.41) is 4.42. The molecule has 2 aromatic carbocycles. The minimum atomic E-state index is -3.17. The van der Waals surface area contributed by atoms with E-state index in [1.54, 1.807) is 18.2 Å². The van der Waals surface area contributed by atoms with Crippen LogP contribution in [0.1, 0.15) is 11.1 Å². The van der Waals surface area contributed by atoms with Gasteiger partial charge >= 0.3 is 0 Å². The number of rotatable bonds is 4. The predicted molar refractivity (Wildman–Crippen MR) is 130 cm³/mol. The van der Waals surface area contributed by atoms with Crippen LogP contribution in [0.3, 0.4) is 0 Å². The maximum absolute atomic E-state index is 12.6. The number of carbonyl (C=O) groups excluding carboxylic acids is 1. The molecule has 0 unspecified atom stereocenters. The number of amides is 1. The number of amidine groups is 1. The van der Waals surface area contributed by atoms with E-state index >= 15 is 0 Å². The summed E-state index contributed by atoms with van der Waals surface area (Å²) in [6, 6.07) is 10.2. The number of benzene rings is 2. The van der Waals surface area contributed by atoms with Crippen molar-refractivity contribution in [3.05, 3.63) is 57.6 Å². The maximum atomic E-state index is 12.6. The summed E-state index contributed by atoms with van der Waals surface area (Å²) in [4.78, 5) is 19.0. The summed E-state index contributed by atoms with van der Waals surface area (Å²) in [6.07, 6.45) is 0. The van der Waals surface area contributed by atoms with E-state index in [-0.39, 0.29) is 35.2 Å². The Bertz CT molecular complexity index is 1160. The van der Waals surface area contributed by atoms with Gasteiger partial charge in [-0.25, -0.2) is 8.42 Å². The smallest absolute Gasteiger partial charge is 0.234 e. The molecule has 0 saturated carbocycles. The average molecular weight is 498 g/mol. The van der Waals surface area contributed by atoms with Crippen LogP contribution in [0.2, 0.25) is 10.0 Å². The lowest BCUT2D eigenvalue weighted by atomic mass is 10.1. The Hall–Kier alpha value is -1.74. The number of anilines is 2. The van der Waals surface area contributed by atoms with E-state index in [9.17, 15) is 13.2 Å². The third-order valence-electron chi connectivity index (χ3n) is 5.22. The summed E-state index contributed by atoms with van der Waals surface area (Å²) in [5.41, 5.74) is 3.56. The number of hydrogen-bond acceptors (Lipinski definition) is 6. The lowest BCUT2D eigenvalue weighted by molar-refractivity contribution is -0.113. The van der Waals surface area contributed by atoms with Crippen molar-refractivity contribution in [2.24, 2.45) is 4.99 Å². The zero-order chi connectivity index (χ0) is 22.3. The Morgan fingerprint density at radius 2 is 1.87 bits per heavy atom. The molecule has 0 spiro atoms. The van der Waals surface area contributed by atoms with Crippen LogP contribution in [0.5, 0.6) is 0 Å². The number of carbonyl (C=O) groups is 1. The molecule has 1 amide bonds. The van der Waals surface area contributed by atoms with Crippen LogP contribution < -0.4 is 10.2 Å². The monoisotopic (exact) mass is 497 g/mol. The topological polar surface area (TPSA) is 78.8 Å². The third-order valence-corrected chi connectivity index (χ3v) is 8.32. The maximum Gasteiger partial charge on any atom is 0.234 e. The highest BCUT2D eigenvalue weighted by molar-refractivity contribution is 8.14. The fraction of sp³-hybridized carbons (Fsp3) is 0.333. The van der Waals surface area contributed by atoms with E-state index in [2.05, 4.69) is 10.3 Å². The van der Waals surface area contributed by atoms with Crippen molar-refractivity contribution in [3.63, 3.8) is 0 Å². The van der Waals surface area contributed by atoms with Gasteiger partial charge in [-0.3, -0.25) is 9.79 Å². The fourth-order valence-electron chi connectivity index (χ4n) is 3.88. The van der Waals surface area contributed by atoms with Gasteiger partial charge in [-0.2, -0.15) is 0 Å². The van der Waals surface area contributed by atoms with Crippen molar-refractivity contribution < 1.29 is 13.2 Å². The third kappa shape index (κ3) is 5.03. The van der Waals surface area contributed by atoms with E-state index in [4.69, 9.17) is 23.2 Å². The molecule has 31 heavy (non-hydrogen) atoms. The first-order chi connectivity index (χ1) is 14.6. The highest BCUT2D eigenvalue weighted by Crippen LogP contribution is 2.37. The zero-order valence-electron chi connectivity index (χ0n) is 16.9. The summed E-state index contributed by atoms with van der Waals surface area (Å²) in [6.45, 7) is 3.95. The van der Waals surface area contributed by atoms with E-state index in [1.807, 2.05) is 36.9 Å². The number of aliphatic imine (C=N–C) groups is 1. The second kappa shape index (κ2) is 8.65. The standard InChI is InChI=1S/C21H21Cl2N3O3S2/c1-12-3-4-17(13(2)5-12)24-20(27)9-30-21-25-18-10-31(28,29)11-19(18)26(21)16-7-14(22)6-15(23)8-16/h3-8,18-19H,9-11H2,1-2H3,(H,24,27)/t18-,19+/m1/s1. The predicted octanol–water partition coefficient (Wildman–Crippen LogP) is 4.32. The van der Waals surface area contributed by atoms with Gasteiger partial charge < -0.3 is 10.2 Å². The summed E-state index contributed by atoms with van der Waals surface area (Å²) < 4.78 is 24.3. The van der Waals surface area contributed by atoms with E-state index in [0.29, 0.717) is 20.9 Å². The first-order valence-electron chi connectivity index (χ1n) is 9.65. The molecule has 0 radical (unpaired) electrons. The van der Waals surface area contributed by atoms with Crippen molar-refractivity contribution >= 4 is 67.3 Å². The number of nitrogens with zero attached hydrogens (tertiary/aromatic N) is 2. The molecule has 10 heteroatoms. The van der Waals surface area contributed by atoms with Crippen molar-refractivity contribution in [1.29, 1.82) is 0 Å². The molecular formula is C21H21Cl2N3O3S2. The van der Waals surface area contributed by atoms with Crippen molar-refractivity contribution in [2.45, 2.75) is 25.9 Å². The molecule has 0 bridgehead atoms. The zero-order valence-corrected chi connectivity index (χ0v) is 20.1. The number of thioether (sulfide) groups is 1. The molecule has 6 nitrogen and oxygen atoms in total. The summed E-state index contributed by atoms with van der Waals surface area (Å²) >= 11 is 13.6. The van der Waals surface area contributed by atoms with Crippen LogP contribution >= 0.6 is 35.0 Å². The fourth-order valence-corrected chi connectivity index (χ4v) is 7.17. The molecule has 2 aliphatic rings. The molecule has 1 N–H and O–H groups in total. The van der Waals surface area contributed by atoms with Crippen LogP contribution in [0, 0.1) is 13.8 Å². The number of sulfone groups is 1. The molecule has 0 aliphatic carbocycles. The first-order valence-corrected chi connectivity index (χ1v) is 13.2. The second-order valence-corrected chi connectivity index (χ2v) is 11.7. The van der Waals surface area contributed by atoms with E-state index in [1.165, 1.54) is 11.8 Å². The van der Waals surface area contributed by atoms with Crippen LogP contribution in [0.25, 0.3) is 0 Å². The molecule has 2 heterocycles. The Balaban J connectivity index is 1.53. The highest BCUT2D eigenvalue weighted by Gasteiger charge is 2.47. The molecule has 2 aromatic rings. The van der Waals surface area contributed by atoms with E-state index < -0.39 is 9.84 Å². The van der Waals surface area contributed by atoms with Gasteiger partial charge in [0.05, 0.1) is 29.3 Å². The molecule has 2 aliphatic heterocycles. The molecule has 1 fully saturated rings. The van der Waals surface area contributed by atoms with Crippen molar-refractivity contribution in [2.75, 3.05) is 27.5 Å². The lowest BCUT2D eigenvalue weighted by Crippen LogP contribution is -2.39. The largest absolute Gasteiger partial charge is 0.325 e. The molecular weight excluding hydrogens is 477 g/mol. The number of hydrogen-bond donors (Lipinski definition) is 1. The average Bonchev–Trinajstić information content (AvgIpc) is 3.12. The van der Waals surface area contributed by atoms with Gasteiger partial charge in [-0.1, -0.05) is 52.7 Å². The van der Waals surface area contributed by atoms with E-state index in [0.717, 1.165) is 16.8 Å². The quantitative estimate of drug-likeness (QED) is 0.679. The number of halogens is 2. The number of fused-ring (bicyclic) bond motifs is 1. The summed E-state index contributed by atoms with van der Waals surface area (Å²) in [5.74, 6) is -0.0115.